The molecule has 0 unspecified atom stereocenters. The van der Waals surface area contributed by atoms with Crippen LogP contribution >= 0.6 is 0 Å². The van der Waals surface area contributed by atoms with Gasteiger partial charge in [0.2, 0.25) is 5.91 Å². The Hall–Kier alpha value is -2.67. The van der Waals surface area contributed by atoms with Gasteiger partial charge in [0.15, 0.2) is 0 Å². The Morgan fingerprint density at radius 3 is 2.83 bits per heavy atom. The van der Waals surface area contributed by atoms with Gasteiger partial charge in [-0.3, -0.25) is 9.78 Å². The van der Waals surface area contributed by atoms with Crippen LogP contribution in [0.1, 0.15) is 6.42 Å². The number of carbonyl (C=O) groups is 1. The summed E-state index contributed by atoms with van der Waals surface area (Å²) in [7, 11) is 0. The van der Waals surface area contributed by atoms with Crippen molar-refractivity contribution in [2.75, 3.05) is 5.32 Å². The molecule has 0 atom stereocenters. The molecule has 0 bridgehead atoms. The van der Waals surface area contributed by atoms with E-state index in [0.29, 0.717) is 5.69 Å². The summed E-state index contributed by atoms with van der Waals surface area (Å²) in [5, 5.41) is 11.1. The summed E-state index contributed by atoms with van der Waals surface area (Å²) in [6.45, 7) is 0. The summed E-state index contributed by atoms with van der Waals surface area (Å²) < 4.78 is 0. The van der Waals surface area contributed by atoms with E-state index >= 15 is 0 Å². The molecule has 1 amide bonds. The van der Waals surface area contributed by atoms with E-state index in [1.807, 2.05) is 36.4 Å². The fourth-order valence-corrected chi connectivity index (χ4v) is 1.59. The number of nitrogens with zero attached hydrogens (tertiary/aromatic N) is 2. The fourth-order valence-electron chi connectivity index (χ4n) is 1.59. The highest BCUT2D eigenvalue weighted by Gasteiger charge is 2.03. The Bertz CT molecular complexity index is 587. The number of anilines is 1. The molecule has 2 rings (SSSR count). The SMILES string of the molecule is N#CCC(=O)Nc1cccc(-c2cccnc2)c1. The molecule has 0 aliphatic carbocycles. The average Bonchev–Trinajstić information content (AvgIpc) is 2.40. The van der Waals surface area contributed by atoms with E-state index < -0.39 is 0 Å². The lowest BCUT2D eigenvalue weighted by molar-refractivity contribution is -0.115. The number of nitrogens with one attached hydrogen (secondary N) is 1. The molecule has 88 valence electrons. The first-order valence-corrected chi connectivity index (χ1v) is 5.47. The van der Waals surface area contributed by atoms with Crippen molar-refractivity contribution >= 4 is 11.6 Å². The molecule has 2 aromatic rings. The van der Waals surface area contributed by atoms with Crippen LogP contribution in [-0.4, -0.2) is 10.9 Å². The summed E-state index contributed by atoms with van der Waals surface area (Å²) >= 11 is 0. The highest BCUT2D eigenvalue weighted by Crippen LogP contribution is 2.21. The number of amides is 1. The van der Waals surface area contributed by atoms with Gasteiger partial charge in [-0.15, -0.1) is 0 Å². The average molecular weight is 237 g/mol. The van der Waals surface area contributed by atoms with Crippen molar-refractivity contribution in [3.05, 3.63) is 48.8 Å². The summed E-state index contributed by atoms with van der Waals surface area (Å²) in [6, 6.07) is 13.1. The summed E-state index contributed by atoms with van der Waals surface area (Å²) in [4.78, 5) is 15.4. The molecule has 4 heteroatoms. The number of benzene rings is 1. The largest absolute Gasteiger partial charge is 0.325 e. The normalized spacial score (nSPS) is 9.50. The topological polar surface area (TPSA) is 65.8 Å². The molecule has 1 aromatic carbocycles. The molecule has 0 saturated carbocycles. The lowest BCUT2D eigenvalue weighted by Gasteiger charge is -2.06. The Morgan fingerprint density at radius 1 is 1.28 bits per heavy atom. The highest BCUT2D eigenvalue weighted by molar-refractivity contribution is 5.92. The molecule has 0 aliphatic rings. The number of pyridine rings is 1. The monoisotopic (exact) mass is 237 g/mol. The van der Waals surface area contributed by atoms with Gasteiger partial charge < -0.3 is 5.32 Å². The standard InChI is InChI=1S/C14H11N3O/c15-7-6-14(18)17-13-5-1-3-11(9-13)12-4-2-8-16-10-12/h1-5,8-10H,6H2,(H,17,18). The van der Waals surface area contributed by atoms with E-state index in [0.717, 1.165) is 11.1 Å². The van der Waals surface area contributed by atoms with Crippen molar-refractivity contribution in [1.82, 2.24) is 4.98 Å². The maximum atomic E-state index is 11.3. The Morgan fingerprint density at radius 2 is 2.11 bits per heavy atom. The molecule has 18 heavy (non-hydrogen) atoms. The van der Waals surface area contributed by atoms with Gasteiger partial charge in [0.25, 0.3) is 0 Å². The quantitative estimate of drug-likeness (QED) is 0.892. The zero-order chi connectivity index (χ0) is 12.8. The van der Waals surface area contributed by atoms with E-state index in [4.69, 9.17) is 5.26 Å². The second-order valence-corrected chi connectivity index (χ2v) is 3.71. The van der Waals surface area contributed by atoms with Crippen molar-refractivity contribution in [1.29, 1.82) is 5.26 Å². The number of aromatic nitrogens is 1. The van der Waals surface area contributed by atoms with Gasteiger partial charge in [0.05, 0.1) is 6.07 Å². The predicted octanol–water partition coefficient (Wildman–Crippen LogP) is 2.60. The first kappa shape index (κ1) is 11.8. The Balaban J connectivity index is 2.21. The molecule has 1 N–H and O–H groups in total. The minimum absolute atomic E-state index is 0.142. The Labute approximate surface area is 105 Å². The van der Waals surface area contributed by atoms with Gasteiger partial charge >= 0.3 is 0 Å². The molecule has 0 fully saturated rings. The molecule has 0 aliphatic heterocycles. The summed E-state index contributed by atoms with van der Waals surface area (Å²) in [5.74, 6) is -0.305. The number of hydrogen-bond acceptors (Lipinski definition) is 3. The van der Waals surface area contributed by atoms with Crippen LogP contribution in [0, 0.1) is 11.3 Å². The number of hydrogen-bond donors (Lipinski definition) is 1. The third-order valence-electron chi connectivity index (χ3n) is 2.38. The van der Waals surface area contributed by atoms with Gasteiger partial charge in [-0.25, -0.2) is 0 Å². The summed E-state index contributed by atoms with van der Waals surface area (Å²) in [6.07, 6.45) is 3.33. The smallest absolute Gasteiger partial charge is 0.238 e. The number of carbonyl (C=O) groups excluding carboxylic acids is 1. The zero-order valence-electron chi connectivity index (χ0n) is 9.63. The van der Waals surface area contributed by atoms with Crippen LogP contribution in [0.3, 0.4) is 0 Å². The number of nitriles is 1. The van der Waals surface area contributed by atoms with Gasteiger partial charge in [-0.1, -0.05) is 18.2 Å². The molecule has 1 aromatic heterocycles. The maximum absolute atomic E-state index is 11.3. The molecule has 0 saturated heterocycles. The van der Waals surface area contributed by atoms with Crippen molar-refractivity contribution in [3.8, 4) is 17.2 Å². The zero-order valence-corrected chi connectivity index (χ0v) is 9.63. The van der Waals surface area contributed by atoms with Gasteiger partial charge in [0.1, 0.15) is 6.42 Å². The van der Waals surface area contributed by atoms with E-state index in [-0.39, 0.29) is 12.3 Å². The van der Waals surface area contributed by atoms with Crippen molar-refractivity contribution in [2.45, 2.75) is 6.42 Å². The van der Waals surface area contributed by atoms with E-state index in [1.54, 1.807) is 18.5 Å². The third kappa shape index (κ3) is 2.92. The van der Waals surface area contributed by atoms with Crippen LogP contribution in [0.5, 0.6) is 0 Å². The second-order valence-electron chi connectivity index (χ2n) is 3.71. The lowest BCUT2D eigenvalue weighted by atomic mass is 10.1. The van der Waals surface area contributed by atoms with E-state index in [2.05, 4.69) is 10.3 Å². The first-order valence-electron chi connectivity index (χ1n) is 5.47. The summed E-state index contributed by atoms with van der Waals surface area (Å²) in [5.41, 5.74) is 2.63. The predicted molar refractivity (Wildman–Crippen MR) is 68.5 cm³/mol. The van der Waals surface area contributed by atoms with Crippen LogP contribution in [-0.2, 0) is 4.79 Å². The highest BCUT2D eigenvalue weighted by atomic mass is 16.1. The minimum Gasteiger partial charge on any atom is -0.325 e. The van der Waals surface area contributed by atoms with E-state index in [1.165, 1.54) is 0 Å². The lowest BCUT2D eigenvalue weighted by Crippen LogP contribution is -2.09. The number of rotatable bonds is 3. The van der Waals surface area contributed by atoms with Crippen molar-refractivity contribution in [2.24, 2.45) is 0 Å². The Kier molecular flexibility index (Phi) is 3.67. The van der Waals surface area contributed by atoms with Crippen LogP contribution in [0.4, 0.5) is 5.69 Å². The van der Waals surface area contributed by atoms with Gasteiger partial charge in [-0.05, 0) is 23.8 Å². The molecular weight excluding hydrogens is 226 g/mol. The maximum Gasteiger partial charge on any atom is 0.238 e. The third-order valence-corrected chi connectivity index (χ3v) is 2.38. The molecule has 1 heterocycles. The van der Waals surface area contributed by atoms with Crippen LogP contribution in [0.2, 0.25) is 0 Å². The van der Waals surface area contributed by atoms with Crippen molar-refractivity contribution in [3.63, 3.8) is 0 Å². The van der Waals surface area contributed by atoms with Gasteiger partial charge in [-0.2, -0.15) is 5.26 Å². The molecule has 0 spiro atoms. The second kappa shape index (κ2) is 5.60. The van der Waals surface area contributed by atoms with Crippen LogP contribution < -0.4 is 5.32 Å². The van der Waals surface area contributed by atoms with Crippen LogP contribution in [0.25, 0.3) is 11.1 Å². The molecule has 4 nitrogen and oxygen atoms in total. The minimum atomic E-state index is -0.305. The fraction of sp³-hybridized carbons (Fsp3) is 0.0714. The van der Waals surface area contributed by atoms with Crippen LogP contribution in [0.15, 0.2) is 48.8 Å². The van der Waals surface area contributed by atoms with E-state index in [9.17, 15) is 4.79 Å². The van der Waals surface area contributed by atoms with Crippen molar-refractivity contribution < 1.29 is 4.79 Å². The van der Waals surface area contributed by atoms with Gasteiger partial charge in [0, 0.05) is 23.6 Å². The first-order chi connectivity index (χ1) is 8.79. The molecule has 0 radical (unpaired) electrons. The molecular formula is C14H11N3O.